The van der Waals surface area contributed by atoms with Crippen molar-refractivity contribution in [1.29, 1.82) is 0 Å². The largest absolute Gasteiger partial charge is 0.491 e. The average molecular weight is 462 g/mol. The number of unbranched alkanes of at least 4 members (excludes halogenated alkanes) is 2. The molecule has 1 N–H and O–H groups in total. The van der Waals surface area contributed by atoms with E-state index in [-0.39, 0.29) is 12.0 Å². The quantitative estimate of drug-likeness (QED) is 0.292. The van der Waals surface area contributed by atoms with Gasteiger partial charge in [0.2, 0.25) is 5.91 Å². The zero-order valence-electron chi connectivity index (χ0n) is 19.9. The van der Waals surface area contributed by atoms with Crippen LogP contribution in [0.5, 0.6) is 5.75 Å². The molecule has 0 radical (unpaired) electrons. The number of aromatic nitrogens is 2. The Morgan fingerprint density at radius 2 is 2.03 bits per heavy atom. The Morgan fingerprint density at radius 3 is 2.88 bits per heavy atom. The highest BCUT2D eigenvalue weighted by molar-refractivity contribution is 5.80. The molecule has 0 aliphatic carbocycles. The Bertz CT molecular complexity index is 1090. The van der Waals surface area contributed by atoms with Gasteiger partial charge in [0, 0.05) is 19.6 Å². The number of carbonyl (C=O) groups excluding carboxylic acids is 1. The maximum Gasteiger partial charge on any atom is 0.249 e. The first-order valence-corrected chi connectivity index (χ1v) is 12.4. The maximum absolute atomic E-state index is 12.0. The van der Waals surface area contributed by atoms with Gasteiger partial charge in [0.15, 0.2) is 0 Å². The van der Waals surface area contributed by atoms with Gasteiger partial charge in [0.1, 0.15) is 24.3 Å². The number of carbonyl (C=O) groups is 1. The van der Waals surface area contributed by atoms with Crippen LogP contribution in [0.2, 0.25) is 0 Å². The molecular formula is C28H35N3O3. The van der Waals surface area contributed by atoms with Crippen LogP contribution in [0.15, 0.2) is 61.2 Å². The molecule has 2 heterocycles. The first kappa shape index (κ1) is 24.0. The molecule has 0 bridgehead atoms. The molecule has 1 aliphatic heterocycles. The molecular weight excluding hydrogens is 426 g/mol. The molecule has 180 valence electrons. The number of allylic oxidation sites excluding steroid dienone is 1. The Balaban J connectivity index is 1.28. The molecule has 1 aliphatic rings. The lowest BCUT2D eigenvalue weighted by Gasteiger charge is -2.13. The van der Waals surface area contributed by atoms with Crippen molar-refractivity contribution in [2.75, 3.05) is 19.8 Å². The average Bonchev–Trinajstić information content (AvgIpc) is 3.51. The van der Waals surface area contributed by atoms with E-state index in [0.717, 1.165) is 79.7 Å². The summed E-state index contributed by atoms with van der Waals surface area (Å²) >= 11 is 0. The van der Waals surface area contributed by atoms with E-state index in [2.05, 4.69) is 40.7 Å². The van der Waals surface area contributed by atoms with E-state index < -0.39 is 0 Å². The van der Waals surface area contributed by atoms with Gasteiger partial charge in [0.05, 0.1) is 17.6 Å². The van der Waals surface area contributed by atoms with Gasteiger partial charge >= 0.3 is 0 Å². The lowest BCUT2D eigenvalue weighted by molar-refractivity contribution is -0.130. The van der Waals surface area contributed by atoms with Crippen LogP contribution >= 0.6 is 0 Å². The third-order valence-corrected chi connectivity index (χ3v) is 6.24. The van der Waals surface area contributed by atoms with Gasteiger partial charge in [-0.25, -0.2) is 4.98 Å². The normalized spacial score (nSPS) is 15.5. The molecule has 1 atom stereocenters. The second-order valence-electron chi connectivity index (χ2n) is 8.72. The van der Waals surface area contributed by atoms with Gasteiger partial charge in [-0.05, 0) is 55.9 Å². The van der Waals surface area contributed by atoms with Crippen molar-refractivity contribution in [2.24, 2.45) is 0 Å². The lowest BCUT2D eigenvalue weighted by Crippen LogP contribution is -2.34. The third-order valence-electron chi connectivity index (χ3n) is 6.24. The fourth-order valence-electron chi connectivity index (χ4n) is 4.48. The number of aryl methyl sites for hydroxylation is 1. The van der Waals surface area contributed by atoms with E-state index in [1.807, 2.05) is 30.3 Å². The van der Waals surface area contributed by atoms with Gasteiger partial charge in [-0.1, -0.05) is 42.8 Å². The summed E-state index contributed by atoms with van der Waals surface area (Å²) in [4.78, 5) is 16.9. The minimum Gasteiger partial charge on any atom is -0.491 e. The monoisotopic (exact) mass is 461 g/mol. The SMILES string of the molecule is C=CCc1ccccc1OCCn1c(CCCCCNC(=O)C2CCCO2)nc2ccccc21. The minimum atomic E-state index is -0.245. The molecule has 2 aromatic carbocycles. The number of hydrogen-bond acceptors (Lipinski definition) is 4. The van der Waals surface area contributed by atoms with E-state index >= 15 is 0 Å². The number of ether oxygens (including phenoxy) is 2. The smallest absolute Gasteiger partial charge is 0.249 e. The fourth-order valence-corrected chi connectivity index (χ4v) is 4.48. The molecule has 0 saturated carbocycles. The maximum atomic E-state index is 12.0. The molecule has 6 heteroatoms. The Morgan fingerprint density at radius 1 is 1.18 bits per heavy atom. The van der Waals surface area contributed by atoms with Crippen LogP contribution in [-0.2, 0) is 28.9 Å². The predicted octanol–water partition coefficient (Wildman–Crippen LogP) is 4.85. The molecule has 1 unspecified atom stereocenters. The highest BCUT2D eigenvalue weighted by Gasteiger charge is 2.22. The van der Waals surface area contributed by atoms with Crippen LogP contribution in [0.25, 0.3) is 11.0 Å². The minimum absolute atomic E-state index is 0.0361. The third kappa shape index (κ3) is 6.26. The fraction of sp³-hybridized carbons (Fsp3) is 0.429. The second-order valence-corrected chi connectivity index (χ2v) is 8.72. The van der Waals surface area contributed by atoms with E-state index in [1.165, 1.54) is 0 Å². The van der Waals surface area contributed by atoms with Crippen LogP contribution in [0, 0.1) is 0 Å². The number of hydrogen-bond donors (Lipinski definition) is 1. The highest BCUT2D eigenvalue weighted by atomic mass is 16.5. The summed E-state index contributed by atoms with van der Waals surface area (Å²) in [6, 6.07) is 16.4. The summed E-state index contributed by atoms with van der Waals surface area (Å²) in [6.45, 7) is 6.57. The van der Waals surface area contributed by atoms with Crippen molar-refractivity contribution >= 4 is 16.9 Å². The van der Waals surface area contributed by atoms with Crippen molar-refractivity contribution in [3.05, 3.63) is 72.6 Å². The summed E-state index contributed by atoms with van der Waals surface area (Å²) in [5, 5.41) is 3.01. The number of nitrogens with zero attached hydrogens (tertiary/aromatic N) is 2. The summed E-state index contributed by atoms with van der Waals surface area (Å²) in [5.74, 6) is 2.04. The van der Waals surface area contributed by atoms with E-state index in [9.17, 15) is 4.79 Å². The zero-order valence-corrected chi connectivity index (χ0v) is 19.9. The number of benzene rings is 2. The number of para-hydroxylation sites is 3. The summed E-state index contributed by atoms with van der Waals surface area (Å²) in [6.07, 6.45) is 8.20. The molecule has 6 nitrogen and oxygen atoms in total. The summed E-state index contributed by atoms with van der Waals surface area (Å²) in [7, 11) is 0. The number of rotatable bonds is 13. The van der Waals surface area contributed by atoms with E-state index in [0.29, 0.717) is 19.8 Å². The molecule has 1 saturated heterocycles. The Hall–Kier alpha value is -3.12. The molecule has 1 amide bonds. The van der Waals surface area contributed by atoms with Crippen LogP contribution in [0.3, 0.4) is 0 Å². The first-order chi connectivity index (χ1) is 16.8. The predicted molar refractivity (Wildman–Crippen MR) is 135 cm³/mol. The van der Waals surface area contributed by atoms with E-state index in [1.54, 1.807) is 0 Å². The Labute approximate surface area is 202 Å². The van der Waals surface area contributed by atoms with Crippen molar-refractivity contribution < 1.29 is 14.3 Å². The molecule has 34 heavy (non-hydrogen) atoms. The van der Waals surface area contributed by atoms with Gasteiger partial charge in [-0.2, -0.15) is 0 Å². The van der Waals surface area contributed by atoms with Crippen molar-refractivity contribution in [1.82, 2.24) is 14.9 Å². The molecule has 4 rings (SSSR count). The van der Waals surface area contributed by atoms with Crippen LogP contribution < -0.4 is 10.1 Å². The number of fused-ring (bicyclic) bond motifs is 1. The second kappa shape index (κ2) is 12.4. The number of imidazole rings is 1. The van der Waals surface area contributed by atoms with Crippen LogP contribution in [0.1, 0.15) is 43.5 Å². The summed E-state index contributed by atoms with van der Waals surface area (Å²) < 4.78 is 13.9. The van der Waals surface area contributed by atoms with Crippen LogP contribution in [-0.4, -0.2) is 41.3 Å². The molecule has 3 aromatic rings. The standard InChI is InChI=1S/C28H35N3O3/c1-2-11-22-12-5-8-15-25(22)34-21-19-31-24-14-7-6-13-23(24)30-27(31)17-4-3-9-18-29-28(32)26-16-10-20-33-26/h2,5-8,12-15,26H,1,3-4,9-11,16-21H2,(H,29,32). The highest BCUT2D eigenvalue weighted by Crippen LogP contribution is 2.21. The van der Waals surface area contributed by atoms with Crippen LogP contribution in [0.4, 0.5) is 0 Å². The zero-order chi connectivity index (χ0) is 23.6. The van der Waals surface area contributed by atoms with Gasteiger partial charge in [0.25, 0.3) is 0 Å². The van der Waals surface area contributed by atoms with Crippen molar-refractivity contribution in [2.45, 2.75) is 57.6 Å². The summed E-state index contributed by atoms with van der Waals surface area (Å²) in [5.41, 5.74) is 3.32. The molecule has 1 aromatic heterocycles. The first-order valence-electron chi connectivity index (χ1n) is 12.4. The molecule has 0 spiro atoms. The van der Waals surface area contributed by atoms with Gasteiger partial charge < -0.3 is 19.4 Å². The number of nitrogens with one attached hydrogen (secondary N) is 1. The van der Waals surface area contributed by atoms with Gasteiger partial charge in [-0.15, -0.1) is 6.58 Å². The Kier molecular flexibility index (Phi) is 8.74. The topological polar surface area (TPSA) is 65.4 Å². The number of amides is 1. The lowest BCUT2D eigenvalue weighted by atomic mass is 10.1. The molecule has 1 fully saturated rings. The van der Waals surface area contributed by atoms with Gasteiger partial charge in [-0.3, -0.25) is 4.79 Å². The van der Waals surface area contributed by atoms with E-state index in [4.69, 9.17) is 14.5 Å². The van der Waals surface area contributed by atoms with Crippen molar-refractivity contribution in [3.63, 3.8) is 0 Å². The van der Waals surface area contributed by atoms with Crippen molar-refractivity contribution in [3.8, 4) is 5.75 Å².